The number of rotatable bonds is 5. The third-order valence-corrected chi connectivity index (χ3v) is 7.65. The van der Waals surface area contributed by atoms with E-state index < -0.39 is 14.6 Å². The number of hydrogen-bond acceptors (Lipinski definition) is 4. The van der Waals surface area contributed by atoms with Crippen LogP contribution in [0, 0.1) is 5.92 Å². The average Bonchev–Trinajstić information content (AvgIpc) is 2.97. The lowest BCUT2D eigenvalue weighted by Crippen LogP contribution is -2.54. The van der Waals surface area contributed by atoms with Crippen LogP contribution in [-0.4, -0.2) is 38.7 Å². The van der Waals surface area contributed by atoms with E-state index in [-0.39, 0.29) is 23.2 Å². The maximum atomic E-state index is 13.1. The van der Waals surface area contributed by atoms with Crippen LogP contribution >= 0.6 is 24.0 Å². The van der Waals surface area contributed by atoms with E-state index in [1.54, 1.807) is 12.1 Å². The van der Waals surface area contributed by atoms with Gasteiger partial charge >= 0.3 is 0 Å². The van der Waals surface area contributed by atoms with Gasteiger partial charge in [-0.2, -0.15) is 0 Å². The number of halogens is 2. The minimum absolute atomic E-state index is 0. The number of nitrogens with one attached hydrogen (secondary N) is 2. The Labute approximate surface area is 153 Å². The summed E-state index contributed by atoms with van der Waals surface area (Å²) in [4.78, 5) is 12.9. The van der Waals surface area contributed by atoms with Gasteiger partial charge in [-0.15, -0.1) is 12.4 Å². The van der Waals surface area contributed by atoms with Crippen LogP contribution in [0.1, 0.15) is 25.7 Å². The van der Waals surface area contributed by atoms with Crippen LogP contribution < -0.4 is 10.6 Å². The zero-order valence-corrected chi connectivity index (χ0v) is 15.6. The van der Waals surface area contributed by atoms with Crippen LogP contribution in [0.25, 0.3) is 0 Å². The second-order valence-electron chi connectivity index (χ2n) is 6.39. The largest absolute Gasteiger partial charge is 0.354 e. The monoisotopic (exact) mass is 392 g/mol. The number of carbonyl (C=O) groups is 1. The normalized spacial score (nSPS) is 20.0. The number of sulfone groups is 1. The van der Waals surface area contributed by atoms with E-state index in [0.29, 0.717) is 30.3 Å². The van der Waals surface area contributed by atoms with Gasteiger partial charge in [0.1, 0.15) is 0 Å². The Morgan fingerprint density at radius 2 is 1.79 bits per heavy atom. The molecule has 1 aromatic carbocycles. The van der Waals surface area contributed by atoms with Gasteiger partial charge in [0.05, 0.1) is 4.90 Å². The third-order valence-electron chi connectivity index (χ3n) is 4.88. The molecular weight excluding hydrogens is 371 g/mol. The van der Waals surface area contributed by atoms with Gasteiger partial charge in [-0.3, -0.25) is 4.79 Å². The van der Waals surface area contributed by atoms with Crippen LogP contribution in [0.2, 0.25) is 5.02 Å². The molecule has 1 aliphatic heterocycles. The molecule has 0 aromatic heterocycles. The van der Waals surface area contributed by atoms with Gasteiger partial charge in [-0.1, -0.05) is 24.4 Å². The Kier molecular flexibility index (Phi) is 6.18. The van der Waals surface area contributed by atoms with Gasteiger partial charge in [0.25, 0.3) is 0 Å². The highest BCUT2D eigenvalue weighted by molar-refractivity contribution is 7.93. The molecule has 0 radical (unpaired) electrons. The summed E-state index contributed by atoms with van der Waals surface area (Å²) in [6.45, 7) is 2.28. The molecule has 2 fully saturated rings. The lowest BCUT2D eigenvalue weighted by atomic mass is 10.0. The van der Waals surface area contributed by atoms with Crippen LogP contribution in [0.3, 0.4) is 0 Å². The van der Waals surface area contributed by atoms with E-state index in [9.17, 15) is 13.2 Å². The molecule has 24 heavy (non-hydrogen) atoms. The van der Waals surface area contributed by atoms with Crippen molar-refractivity contribution >= 4 is 39.8 Å². The van der Waals surface area contributed by atoms with Gasteiger partial charge in [0, 0.05) is 30.6 Å². The van der Waals surface area contributed by atoms with Crippen molar-refractivity contribution in [3.63, 3.8) is 0 Å². The first-order chi connectivity index (χ1) is 11.0. The van der Waals surface area contributed by atoms with Crippen molar-refractivity contribution in [3.8, 4) is 0 Å². The molecule has 0 bridgehead atoms. The SMILES string of the molecule is Cl.O=C(NCC1CNC1)C1(S(=O)(=O)c2ccc(Cl)cc2)CCCC1. The highest BCUT2D eigenvalue weighted by atomic mass is 35.5. The van der Waals surface area contributed by atoms with Crippen LogP contribution in [0.5, 0.6) is 0 Å². The predicted molar refractivity (Wildman–Crippen MR) is 96.5 cm³/mol. The first-order valence-corrected chi connectivity index (χ1v) is 9.81. The minimum atomic E-state index is -3.74. The summed E-state index contributed by atoms with van der Waals surface area (Å²) < 4.78 is 24.9. The van der Waals surface area contributed by atoms with E-state index in [4.69, 9.17) is 11.6 Å². The molecule has 1 heterocycles. The summed E-state index contributed by atoms with van der Waals surface area (Å²) >= 11 is 5.85. The summed E-state index contributed by atoms with van der Waals surface area (Å²) in [7, 11) is -3.74. The van der Waals surface area contributed by atoms with E-state index in [2.05, 4.69) is 10.6 Å². The summed E-state index contributed by atoms with van der Waals surface area (Å²) in [5, 5.41) is 6.49. The predicted octanol–water partition coefficient (Wildman–Crippen LogP) is 2.18. The molecule has 5 nitrogen and oxygen atoms in total. The quantitative estimate of drug-likeness (QED) is 0.804. The summed E-state index contributed by atoms with van der Waals surface area (Å²) in [5.41, 5.74) is 0. The maximum Gasteiger partial charge on any atom is 0.241 e. The van der Waals surface area contributed by atoms with Crippen LogP contribution in [0.4, 0.5) is 0 Å². The van der Waals surface area contributed by atoms with Crippen molar-refractivity contribution in [2.24, 2.45) is 5.92 Å². The zero-order chi connectivity index (χ0) is 16.5. The fourth-order valence-electron chi connectivity index (χ4n) is 3.29. The molecule has 1 aromatic rings. The Morgan fingerprint density at radius 1 is 1.21 bits per heavy atom. The maximum absolute atomic E-state index is 13.1. The molecule has 2 aliphatic rings. The second kappa shape index (κ2) is 7.60. The molecular formula is C16H22Cl2N2O3S. The molecule has 134 valence electrons. The lowest BCUT2D eigenvalue weighted by Gasteiger charge is -2.31. The molecule has 2 N–H and O–H groups in total. The Morgan fingerprint density at radius 3 is 2.29 bits per heavy atom. The van der Waals surface area contributed by atoms with Gasteiger partial charge in [-0.25, -0.2) is 8.42 Å². The first kappa shape index (κ1) is 19.5. The first-order valence-electron chi connectivity index (χ1n) is 7.95. The van der Waals surface area contributed by atoms with E-state index >= 15 is 0 Å². The summed E-state index contributed by atoms with van der Waals surface area (Å²) in [5.74, 6) is 0.0486. The highest BCUT2D eigenvalue weighted by Gasteiger charge is 2.52. The molecule has 8 heteroatoms. The van der Waals surface area contributed by atoms with E-state index in [0.717, 1.165) is 25.9 Å². The van der Waals surface area contributed by atoms with Crippen molar-refractivity contribution in [1.82, 2.24) is 10.6 Å². The van der Waals surface area contributed by atoms with Gasteiger partial charge in [-0.05, 0) is 37.1 Å². The number of hydrogen-bond donors (Lipinski definition) is 2. The van der Waals surface area contributed by atoms with Gasteiger partial charge < -0.3 is 10.6 Å². The minimum Gasteiger partial charge on any atom is -0.354 e. The Hall–Kier alpha value is -0.820. The molecule has 1 aliphatic carbocycles. The Balaban J connectivity index is 0.00000208. The van der Waals surface area contributed by atoms with Crippen molar-refractivity contribution in [2.75, 3.05) is 19.6 Å². The molecule has 1 saturated carbocycles. The Bertz CT molecular complexity index is 682. The fraction of sp³-hybridized carbons (Fsp3) is 0.562. The van der Waals surface area contributed by atoms with Crippen molar-refractivity contribution < 1.29 is 13.2 Å². The van der Waals surface area contributed by atoms with Crippen LogP contribution in [0.15, 0.2) is 29.2 Å². The van der Waals surface area contributed by atoms with E-state index in [1.165, 1.54) is 12.1 Å². The van der Waals surface area contributed by atoms with E-state index in [1.807, 2.05) is 0 Å². The molecule has 0 unspecified atom stereocenters. The fourth-order valence-corrected chi connectivity index (χ4v) is 5.51. The third kappa shape index (κ3) is 3.43. The summed E-state index contributed by atoms with van der Waals surface area (Å²) in [6, 6.07) is 6.08. The molecule has 1 saturated heterocycles. The molecule has 1 amide bonds. The average molecular weight is 393 g/mol. The summed E-state index contributed by atoms with van der Waals surface area (Å²) in [6.07, 6.45) is 2.27. The zero-order valence-electron chi connectivity index (χ0n) is 13.3. The molecule has 0 spiro atoms. The standard InChI is InChI=1S/C16H21ClN2O3S.ClH/c17-13-3-5-14(6-4-13)23(21,22)16(7-1-2-8-16)15(20)19-11-12-9-18-10-12;/h3-6,12,18H,1-2,7-11H2,(H,19,20);1H. The number of amides is 1. The molecule has 3 rings (SSSR count). The van der Waals surface area contributed by atoms with Crippen molar-refractivity contribution in [1.29, 1.82) is 0 Å². The lowest BCUT2D eigenvalue weighted by molar-refractivity contribution is -0.123. The topological polar surface area (TPSA) is 75.3 Å². The van der Waals surface area contributed by atoms with Gasteiger partial charge in [0.15, 0.2) is 14.6 Å². The molecule has 0 atom stereocenters. The second-order valence-corrected chi connectivity index (χ2v) is 9.09. The highest BCUT2D eigenvalue weighted by Crippen LogP contribution is 2.41. The van der Waals surface area contributed by atoms with Gasteiger partial charge in [0.2, 0.25) is 5.91 Å². The smallest absolute Gasteiger partial charge is 0.241 e. The van der Waals surface area contributed by atoms with Crippen molar-refractivity contribution in [2.45, 2.75) is 35.3 Å². The number of carbonyl (C=O) groups excluding carboxylic acids is 1. The number of benzene rings is 1. The van der Waals surface area contributed by atoms with Crippen LogP contribution in [-0.2, 0) is 14.6 Å². The van der Waals surface area contributed by atoms with Crippen molar-refractivity contribution in [3.05, 3.63) is 29.3 Å².